The van der Waals surface area contributed by atoms with Crippen LogP contribution in [0, 0.1) is 5.82 Å². The number of hydrogen-bond donors (Lipinski definition) is 0. The highest BCUT2D eigenvalue weighted by atomic mass is 35.5. The summed E-state index contributed by atoms with van der Waals surface area (Å²) in [5.41, 5.74) is 1.49. The average Bonchev–Trinajstić information content (AvgIpc) is 3.45. The molecule has 4 aromatic rings. The summed E-state index contributed by atoms with van der Waals surface area (Å²) in [6.07, 6.45) is 8.28. The van der Waals surface area contributed by atoms with Gasteiger partial charge in [0.2, 0.25) is 0 Å². The molecule has 0 bridgehead atoms. The van der Waals surface area contributed by atoms with Crippen LogP contribution in [0.2, 0.25) is 5.02 Å². The molecule has 2 aromatic carbocycles. The van der Waals surface area contributed by atoms with Gasteiger partial charge in [-0.05, 0) is 60.7 Å². The third-order valence-corrected chi connectivity index (χ3v) is 4.60. The second-order valence-corrected chi connectivity index (χ2v) is 6.79. The first kappa shape index (κ1) is 19.7. The van der Waals surface area contributed by atoms with Crippen molar-refractivity contribution < 1.29 is 18.3 Å². The maximum atomic E-state index is 13.2. The molecule has 4 rings (SSSR count). The largest absolute Gasteiger partial charge is 0.486 e. The number of carbonyl (C=O) groups is 1. The lowest BCUT2D eigenvalue weighted by molar-refractivity contribution is 0.104. The fraction of sp³-hybridized carbons (Fsp3) is 0.0435. The first-order valence-electron chi connectivity index (χ1n) is 9.06. The summed E-state index contributed by atoms with van der Waals surface area (Å²) in [4.78, 5) is 16.4. The van der Waals surface area contributed by atoms with Gasteiger partial charge in [-0.1, -0.05) is 11.6 Å². The van der Waals surface area contributed by atoms with Gasteiger partial charge < -0.3 is 13.7 Å². The Morgan fingerprint density at radius 3 is 2.73 bits per heavy atom. The number of aromatic nitrogens is 2. The highest BCUT2D eigenvalue weighted by Crippen LogP contribution is 2.22. The zero-order chi connectivity index (χ0) is 20.9. The van der Waals surface area contributed by atoms with Crippen LogP contribution in [-0.4, -0.2) is 15.3 Å². The maximum Gasteiger partial charge on any atom is 0.185 e. The van der Waals surface area contributed by atoms with E-state index in [1.165, 1.54) is 24.3 Å². The Hall–Kier alpha value is -3.64. The summed E-state index contributed by atoms with van der Waals surface area (Å²) >= 11 is 5.73. The average molecular weight is 423 g/mol. The zero-order valence-corrected chi connectivity index (χ0v) is 16.4. The Balaban J connectivity index is 1.35. The van der Waals surface area contributed by atoms with Gasteiger partial charge in [0.05, 0.1) is 11.3 Å². The highest BCUT2D eigenvalue weighted by Gasteiger charge is 2.06. The lowest BCUT2D eigenvalue weighted by atomic mass is 10.1. The molecule has 0 fully saturated rings. The molecule has 0 radical (unpaired) electrons. The third kappa shape index (κ3) is 4.67. The van der Waals surface area contributed by atoms with Crippen LogP contribution in [0.5, 0.6) is 5.75 Å². The van der Waals surface area contributed by atoms with Crippen molar-refractivity contribution in [2.75, 3.05) is 0 Å². The molecule has 0 N–H and O–H groups in total. The number of allylic oxidation sites excluding steroid dienone is 1. The van der Waals surface area contributed by atoms with Crippen LogP contribution in [0.3, 0.4) is 0 Å². The molecule has 0 aliphatic heterocycles. The number of halogens is 2. The second-order valence-electron chi connectivity index (χ2n) is 6.38. The van der Waals surface area contributed by atoms with Gasteiger partial charge in [0, 0.05) is 29.7 Å². The first-order chi connectivity index (χ1) is 14.6. The van der Waals surface area contributed by atoms with Crippen LogP contribution in [0.25, 0.3) is 11.8 Å². The van der Waals surface area contributed by atoms with Crippen molar-refractivity contribution in [3.05, 3.63) is 107 Å². The number of hydrogen-bond acceptors (Lipinski definition) is 4. The van der Waals surface area contributed by atoms with Crippen molar-refractivity contribution in [2.45, 2.75) is 6.61 Å². The molecule has 7 heteroatoms. The SMILES string of the molecule is O=C(/C=C/c1ccc(COc2ccc(F)c(Cl)c2)o1)c1ccc(-n2ccnc2)cc1. The number of imidazole rings is 1. The van der Waals surface area contributed by atoms with Crippen molar-refractivity contribution in [3.63, 3.8) is 0 Å². The van der Waals surface area contributed by atoms with Crippen LogP contribution in [0.4, 0.5) is 4.39 Å². The van der Waals surface area contributed by atoms with E-state index in [4.69, 9.17) is 20.8 Å². The predicted molar refractivity (Wildman–Crippen MR) is 111 cm³/mol. The smallest absolute Gasteiger partial charge is 0.185 e. The molecule has 0 saturated carbocycles. The third-order valence-electron chi connectivity index (χ3n) is 4.31. The molecule has 0 spiro atoms. The van der Waals surface area contributed by atoms with E-state index in [9.17, 15) is 9.18 Å². The number of furan rings is 1. The molecule has 30 heavy (non-hydrogen) atoms. The Labute approximate surface area is 177 Å². The van der Waals surface area contributed by atoms with Gasteiger partial charge in [0.15, 0.2) is 5.78 Å². The van der Waals surface area contributed by atoms with Gasteiger partial charge in [0.1, 0.15) is 29.7 Å². The fourth-order valence-corrected chi connectivity index (χ4v) is 2.92. The van der Waals surface area contributed by atoms with Gasteiger partial charge >= 0.3 is 0 Å². The number of ether oxygens (including phenoxy) is 1. The quantitative estimate of drug-likeness (QED) is 0.282. The van der Waals surface area contributed by atoms with Gasteiger partial charge in [-0.3, -0.25) is 4.79 Å². The number of rotatable bonds is 7. The van der Waals surface area contributed by atoms with Gasteiger partial charge in [-0.15, -0.1) is 0 Å². The summed E-state index contributed by atoms with van der Waals surface area (Å²) < 4.78 is 26.2. The Bertz CT molecular complexity index is 1180. The predicted octanol–water partition coefficient (Wildman–Crippen LogP) is 5.73. The molecule has 0 aliphatic carbocycles. The van der Waals surface area contributed by atoms with E-state index >= 15 is 0 Å². The molecule has 2 aromatic heterocycles. The van der Waals surface area contributed by atoms with E-state index in [1.807, 2.05) is 22.9 Å². The minimum atomic E-state index is -0.504. The molecule has 0 amide bonds. The summed E-state index contributed by atoms with van der Waals surface area (Å²) in [5.74, 6) is 0.878. The molecular formula is C23H16ClFN2O3. The van der Waals surface area contributed by atoms with Gasteiger partial charge in [0.25, 0.3) is 0 Å². The summed E-state index contributed by atoms with van der Waals surface area (Å²) in [6.45, 7) is 0.152. The number of nitrogens with zero attached hydrogens (tertiary/aromatic N) is 2. The number of carbonyl (C=O) groups excluding carboxylic acids is 1. The minimum absolute atomic E-state index is 0.00728. The summed E-state index contributed by atoms with van der Waals surface area (Å²) in [7, 11) is 0. The van der Waals surface area contributed by atoms with E-state index < -0.39 is 5.82 Å². The molecule has 0 unspecified atom stereocenters. The van der Waals surface area contributed by atoms with Crippen LogP contribution in [0.15, 0.2) is 83.8 Å². The Morgan fingerprint density at radius 1 is 1.17 bits per heavy atom. The Kier molecular flexibility index (Phi) is 5.77. The van der Waals surface area contributed by atoms with Crippen molar-refractivity contribution >= 4 is 23.5 Å². The summed E-state index contributed by atoms with van der Waals surface area (Å²) in [6, 6.07) is 14.8. The van der Waals surface area contributed by atoms with Crippen molar-refractivity contribution in [1.29, 1.82) is 0 Å². The summed E-state index contributed by atoms with van der Waals surface area (Å²) in [5, 5.41) is -0.00728. The molecule has 0 aliphatic rings. The normalized spacial score (nSPS) is 11.1. The van der Waals surface area contributed by atoms with Gasteiger partial charge in [-0.25, -0.2) is 9.37 Å². The zero-order valence-electron chi connectivity index (χ0n) is 15.7. The van der Waals surface area contributed by atoms with E-state index in [0.29, 0.717) is 22.8 Å². The number of ketones is 1. The van der Waals surface area contributed by atoms with E-state index in [1.54, 1.807) is 42.9 Å². The van der Waals surface area contributed by atoms with Crippen molar-refractivity contribution in [3.8, 4) is 11.4 Å². The molecule has 0 atom stereocenters. The van der Waals surface area contributed by atoms with E-state index in [2.05, 4.69) is 4.98 Å². The lowest BCUT2D eigenvalue weighted by Crippen LogP contribution is -1.96. The Morgan fingerprint density at radius 2 is 2.00 bits per heavy atom. The molecule has 0 saturated heterocycles. The lowest BCUT2D eigenvalue weighted by Gasteiger charge is -2.04. The molecule has 2 heterocycles. The van der Waals surface area contributed by atoms with Crippen LogP contribution >= 0.6 is 11.6 Å². The monoisotopic (exact) mass is 422 g/mol. The highest BCUT2D eigenvalue weighted by molar-refractivity contribution is 6.30. The second kappa shape index (κ2) is 8.80. The standard InChI is InChI=1S/C23H16ClFN2O3/c24-21-13-19(7-9-22(21)25)29-14-20-6-5-18(30-20)8-10-23(28)16-1-3-17(4-2-16)27-12-11-26-15-27/h1-13,15H,14H2/b10-8+. The van der Waals surface area contributed by atoms with Crippen LogP contribution in [-0.2, 0) is 6.61 Å². The van der Waals surface area contributed by atoms with Crippen molar-refractivity contribution in [1.82, 2.24) is 9.55 Å². The van der Waals surface area contributed by atoms with Crippen molar-refractivity contribution in [2.24, 2.45) is 0 Å². The first-order valence-corrected chi connectivity index (χ1v) is 9.44. The minimum Gasteiger partial charge on any atom is -0.486 e. The number of benzene rings is 2. The van der Waals surface area contributed by atoms with E-state index in [0.717, 1.165) is 5.69 Å². The topological polar surface area (TPSA) is 57.3 Å². The molecule has 5 nitrogen and oxygen atoms in total. The molecule has 150 valence electrons. The van der Waals surface area contributed by atoms with Gasteiger partial charge in [-0.2, -0.15) is 0 Å². The van der Waals surface area contributed by atoms with Crippen LogP contribution in [0.1, 0.15) is 21.9 Å². The maximum absolute atomic E-state index is 13.2. The fourth-order valence-electron chi connectivity index (χ4n) is 2.75. The van der Waals surface area contributed by atoms with E-state index in [-0.39, 0.29) is 17.4 Å². The van der Waals surface area contributed by atoms with Crippen LogP contribution < -0.4 is 4.74 Å². The molecular weight excluding hydrogens is 407 g/mol.